The number of morpholine rings is 1. The molecule has 1 aromatic carbocycles. The Morgan fingerprint density at radius 1 is 1.28 bits per heavy atom. The van der Waals surface area contributed by atoms with Crippen LogP contribution in [0.4, 0.5) is 0 Å². The zero-order valence-electron chi connectivity index (χ0n) is 18.2. The van der Waals surface area contributed by atoms with E-state index in [-0.39, 0.29) is 6.10 Å². The molecule has 0 saturated carbocycles. The van der Waals surface area contributed by atoms with Gasteiger partial charge >= 0.3 is 0 Å². The van der Waals surface area contributed by atoms with E-state index < -0.39 is 0 Å². The van der Waals surface area contributed by atoms with Crippen molar-refractivity contribution in [1.29, 1.82) is 0 Å². The van der Waals surface area contributed by atoms with Crippen LogP contribution < -0.4 is 5.32 Å². The summed E-state index contributed by atoms with van der Waals surface area (Å²) in [7, 11) is 3.85. The van der Waals surface area contributed by atoms with Gasteiger partial charge in [-0.15, -0.1) is 0 Å². The first-order valence-corrected chi connectivity index (χ1v) is 10.8. The molecule has 0 aromatic heterocycles. The van der Waals surface area contributed by atoms with E-state index >= 15 is 0 Å². The maximum atomic E-state index is 6.13. The minimum Gasteiger partial charge on any atom is -0.383 e. The van der Waals surface area contributed by atoms with Crippen LogP contribution in [0.2, 0.25) is 0 Å². The number of guanidine groups is 1. The molecule has 2 fully saturated rings. The Hall–Kier alpha value is -1.67. The number of ether oxygens (including phenoxy) is 2. The average Bonchev–Trinajstić information content (AvgIpc) is 3.18. The van der Waals surface area contributed by atoms with Gasteiger partial charge in [0, 0.05) is 52.9 Å². The zero-order chi connectivity index (χ0) is 20.5. The molecule has 1 aromatic rings. The van der Waals surface area contributed by atoms with Crippen molar-refractivity contribution in [3.05, 3.63) is 35.9 Å². The van der Waals surface area contributed by atoms with Crippen LogP contribution in [0.25, 0.3) is 0 Å². The van der Waals surface area contributed by atoms with E-state index in [1.807, 2.05) is 0 Å². The Morgan fingerprint density at radius 3 is 2.86 bits per heavy atom. The molecule has 29 heavy (non-hydrogen) atoms. The number of aliphatic imine (C=N–C) groups is 1. The number of hydrogen-bond acceptors (Lipinski definition) is 5. The molecule has 2 atom stereocenters. The van der Waals surface area contributed by atoms with Crippen LogP contribution in [0.1, 0.15) is 12.5 Å². The van der Waals surface area contributed by atoms with Crippen LogP contribution in [0.15, 0.2) is 35.3 Å². The van der Waals surface area contributed by atoms with Gasteiger partial charge in [0.05, 0.1) is 31.9 Å². The largest absolute Gasteiger partial charge is 0.383 e. The highest BCUT2D eigenvalue weighted by molar-refractivity contribution is 5.80. The summed E-state index contributed by atoms with van der Waals surface area (Å²) in [6.45, 7) is 11.0. The highest BCUT2D eigenvalue weighted by atomic mass is 16.5. The van der Waals surface area contributed by atoms with E-state index in [0.717, 1.165) is 71.5 Å². The number of hydrogen-bond donors (Lipinski definition) is 1. The molecule has 2 saturated heterocycles. The molecule has 0 bridgehead atoms. The molecular formula is C22H37N5O2. The predicted molar refractivity (Wildman–Crippen MR) is 117 cm³/mol. The van der Waals surface area contributed by atoms with Gasteiger partial charge in [-0.2, -0.15) is 0 Å². The first-order valence-electron chi connectivity index (χ1n) is 10.8. The van der Waals surface area contributed by atoms with Crippen molar-refractivity contribution in [2.24, 2.45) is 4.99 Å². The highest BCUT2D eigenvalue weighted by Gasteiger charge is 2.41. The van der Waals surface area contributed by atoms with Crippen molar-refractivity contribution >= 4 is 5.96 Å². The number of likely N-dealkylation sites (N-methyl/N-ethyl adjacent to an activating group) is 1. The summed E-state index contributed by atoms with van der Waals surface area (Å²) >= 11 is 0. The lowest BCUT2D eigenvalue weighted by Gasteiger charge is -2.36. The van der Waals surface area contributed by atoms with Gasteiger partial charge in [0.1, 0.15) is 0 Å². The van der Waals surface area contributed by atoms with Crippen LogP contribution in [0.3, 0.4) is 0 Å². The van der Waals surface area contributed by atoms with E-state index in [1.165, 1.54) is 5.56 Å². The van der Waals surface area contributed by atoms with Crippen molar-refractivity contribution in [2.45, 2.75) is 25.6 Å². The lowest BCUT2D eigenvalue weighted by molar-refractivity contribution is -0.0502. The Kier molecular flexibility index (Phi) is 8.73. The second-order valence-electron chi connectivity index (χ2n) is 7.87. The number of nitrogens with one attached hydrogen (secondary N) is 1. The minimum atomic E-state index is 0.251. The first kappa shape index (κ1) is 22.0. The van der Waals surface area contributed by atoms with Gasteiger partial charge in [-0.05, 0) is 19.5 Å². The summed E-state index contributed by atoms with van der Waals surface area (Å²) in [5.74, 6) is 1.00. The second-order valence-corrected chi connectivity index (χ2v) is 7.87. The quantitative estimate of drug-likeness (QED) is 0.493. The van der Waals surface area contributed by atoms with Crippen LogP contribution in [0, 0.1) is 0 Å². The molecule has 7 heteroatoms. The number of nitrogens with zero attached hydrogens (tertiary/aromatic N) is 4. The fraction of sp³-hybridized carbons (Fsp3) is 0.682. The maximum absolute atomic E-state index is 6.13. The monoisotopic (exact) mass is 403 g/mol. The lowest BCUT2D eigenvalue weighted by Crippen LogP contribution is -2.50. The molecule has 2 heterocycles. The summed E-state index contributed by atoms with van der Waals surface area (Å²) in [4.78, 5) is 12.1. The van der Waals surface area contributed by atoms with E-state index in [9.17, 15) is 0 Å². The highest BCUT2D eigenvalue weighted by Crippen LogP contribution is 2.24. The number of rotatable bonds is 9. The van der Waals surface area contributed by atoms with Gasteiger partial charge in [0.25, 0.3) is 0 Å². The summed E-state index contributed by atoms with van der Waals surface area (Å²) in [5.41, 5.74) is 1.37. The third-order valence-electron chi connectivity index (χ3n) is 5.70. The third kappa shape index (κ3) is 6.40. The lowest BCUT2D eigenvalue weighted by atomic mass is 10.1. The van der Waals surface area contributed by atoms with E-state index in [0.29, 0.717) is 6.04 Å². The van der Waals surface area contributed by atoms with Gasteiger partial charge in [0.15, 0.2) is 5.96 Å². The molecule has 2 unspecified atom stereocenters. The Labute approximate surface area is 175 Å². The van der Waals surface area contributed by atoms with Crippen molar-refractivity contribution in [1.82, 2.24) is 20.0 Å². The van der Waals surface area contributed by atoms with Gasteiger partial charge in [-0.1, -0.05) is 30.3 Å². The van der Waals surface area contributed by atoms with E-state index in [4.69, 9.17) is 14.5 Å². The minimum absolute atomic E-state index is 0.251. The van der Waals surface area contributed by atoms with E-state index in [1.54, 1.807) is 7.11 Å². The van der Waals surface area contributed by atoms with Crippen LogP contribution >= 0.6 is 0 Å². The Bertz CT molecular complexity index is 627. The van der Waals surface area contributed by atoms with Gasteiger partial charge < -0.3 is 24.6 Å². The predicted octanol–water partition coefficient (Wildman–Crippen LogP) is 1.12. The van der Waals surface area contributed by atoms with Crippen LogP contribution in [-0.4, -0.2) is 106 Å². The molecule has 0 radical (unpaired) electrons. The molecular weight excluding hydrogens is 366 g/mol. The smallest absolute Gasteiger partial charge is 0.194 e. The number of likely N-dealkylation sites (tertiary alicyclic amines) is 1. The summed E-state index contributed by atoms with van der Waals surface area (Å²) in [6, 6.07) is 11.2. The molecule has 7 nitrogen and oxygen atoms in total. The summed E-state index contributed by atoms with van der Waals surface area (Å²) < 4.78 is 11.3. The Balaban J connectivity index is 1.58. The molecule has 0 spiro atoms. The molecule has 162 valence electrons. The third-order valence-corrected chi connectivity index (χ3v) is 5.70. The van der Waals surface area contributed by atoms with Crippen LogP contribution in [-0.2, 0) is 16.0 Å². The number of benzene rings is 1. The number of fused-ring (bicyclic) bond motifs is 1. The molecule has 1 N–H and O–H groups in total. The maximum Gasteiger partial charge on any atom is 0.194 e. The molecule has 2 aliphatic heterocycles. The Morgan fingerprint density at radius 2 is 2.10 bits per heavy atom. The van der Waals surface area contributed by atoms with Gasteiger partial charge in [-0.25, -0.2) is 0 Å². The summed E-state index contributed by atoms with van der Waals surface area (Å²) in [5, 5.41) is 3.47. The van der Waals surface area contributed by atoms with Gasteiger partial charge in [-0.3, -0.25) is 9.89 Å². The van der Waals surface area contributed by atoms with Crippen molar-refractivity contribution < 1.29 is 9.47 Å². The molecule has 0 amide bonds. The van der Waals surface area contributed by atoms with E-state index in [2.05, 4.69) is 64.3 Å². The average molecular weight is 404 g/mol. The fourth-order valence-corrected chi connectivity index (χ4v) is 4.06. The normalized spacial score (nSPS) is 22.9. The van der Waals surface area contributed by atoms with Crippen LogP contribution in [0.5, 0.6) is 0 Å². The summed E-state index contributed by atoms with van der Waals surface area (Å²) in [6.07, 6.45) is 0.251. The van der Waals surface area contributed by atoms with Crippen molar-refractivity contribution in [2.75, 3.05) is 73.2 Å². The molecule has 2 aliphatic rings. The second kappa shape index (κ2) is 11.5. The fourth-order valence-electron chi connectivity index (χ4n) is 4.06. The SMILES string of the molecule is CCNC(=NCCN(C)CCOC)N1CC2OCCN(Cc3ccccc3)C2C1. The standard InChI is InChI=1S/C22H37N5O2/c1-4-23-22(24-10-11-25(2)12-14-28-3)27-17-20-21(18-27)29-15-13-26(20)16-19-8-6-5-7-9-19/h5-9,20-21H,4,10-18H2,1-3H3,(H,23,24). The number of methoxy groups -OCH3 is 1. The van der Waals surface area contributed by atoms with Crippen molar-refractivity contribution in [3.63, 3.8) is 0 Å². The first-order chi connectivity index (χ1) is 14.2. The van der Waals surface area contributed by atoms with Gasteiger partial charge in [0.2, 0.25) is 0 Å². The zero-order valence-corrected chi connectivity index (χ0v) is 18.2. The van der Waals surface area contributed by atoms with Crippen molar-refractivity contribution in [3.8, 4) is 0 Å². The molecule has 0 aliphatic carbocycles. The molecule has 3 rings (SSSR count). The topological polar surface area (TPSA) is 52.6 Å².